The molecule has 1 aliphatic carbocycles. The van der Waals surface area contributed by atoms with Crippen molar-refractivity contribution in [2.24, 2.45) is 0 Å². The molecule has 0 radical (unpaired) electrons. The van der Waals surface area contributed by atoms with Gasteiger partial charge in [-0.2, -0.15) is 0 Å². The van der Waals surface area contributed by atoms with Gasteiger partial charge in [0.1, 0.15) is 5.52 Å². The fourth-order valence-electron chi connectivity index (χ4n) is 4.05. The minimum atomic E-state index is -0.0148. The summed E-state index contributed by atoms with van der Waals surface area (Å²) in [6.45, 7) is 0.644. The van der Waals surface area contributed by atoms with E-state index in [1.165, 1.54) is 11.1 Å². The SMILES string of the molecule is CN(C(=O)c1cnc2c(c1)ncn2Cc1cccnc1)C1Cc2ccccc2C1. The van der Waals surface area contributed by atoms with Crippen LogP contribution in [0.25, 0.3) is 11.2 Å². The van der Waals surface area contributed by atoms with Crippen molar-refractivity contribution >= 4 is 17.1 Å². The standard InChI is InChI=1S/C23H21N5O/c1-27(20-9-17-6-2-3-7-18(17)10-20)23(29)19-11-21-22(25-13-19)28(15-26-21)14-16-5-4-8-24-12-16/h2-8,11-13,15,20H,9-10,14H2,1H3. The molecule has 144 valence electrons. The quantitative estimate of drug-likeness (QED) is 0.543. The summed E-state index contributed by atoms with van der Waals surface area (Å²) >= 11 is 0. The third-order valence-corrected chi connectivity index (χ3v) is 5.68. The zero-order chi connectivity index (χ0) is 19.8. The molecule has 1 amide bonds. The first-order valence-corrected chi connectivity index (χ1v) is 9.73. The number of imidazole rings is 1. The van der Waals surface area contributed by atoms with Gasteiger partial charge in [0.05, 0.1) is 18.4 Å². The first-order chi connectivity index (χ1) is 14.2. The van der Waals surface area contributed by atoms with Crippen molar-refractivity contribution in [2.45, 2.75) is 25.4 Å². The number of aromatic nitrogens is 4. The van der Waals surface area contributed by atoms with E-state index in [0.29, 0.717) is 12.1 Å². The fraction of sp³-hybridized carbons (Fsp3) is 0.217. The van der Waals surface area contributed by atoms with E-state index in [2.05, 4.69) is 39.2 Å². The molecule has 6 heteroatoms. The Bertz CT molecular complexity index is 1160. The van der Waals surface area contributed by atoms with Gasteiger partial charge >= 0.3 is 0 Å². The number of benzene rings is 1. The van der Waals surface area contributed by atoms with E-state index < -0.39 is 0 Å². The molecule has 0 saturated carbocycles. The molecule has 29 heavy (non-hydrogen) atoms. The Balaban J connectivity index is 1.36. The van der Waals surface area contributed by atoms with E-state index in [0.717, 1.165) is 29.6 Å². The Morgan fingerprint density at radius 1 is 1.10 bits per heavy atom. The molecule has 0 fully saturated rings. The first-order valence-electron chi connectivity index (χ1n) is 9.73. The summed E-state index contributed by atoms with van der Waals surface area (Å²) in [6.07, 6.45) is 8.80. The van der Waals surface area contributed by atoms with Crippen molar-refractivity contribution < 1.29 is 4.79 Å². The molecular formula is C23H21N5O. The average Bonchev–Trinajstić information content (AvgIpc) is 3.37. The van der Waals surface area contributed by atoms with Gasteiger partial charge in [-0.05, 0) is 41.7 Å². The Kier molecular flexibility index (Phi) is 4.31. The molecule has 0 aliphatic heterocycles. The van der Waals surface area contributed by atoms with Crippen molar-refractivity contribution in [3.63, 3.8) is 0 Å². The maximum atomic E-state index is 13.1. The number of carbonyl (C=O) groups excluding carboxylic acids is 1. The van der Waals surface area contributed by atoms with E-state index in [1.807, 2.05) is 40.9 Å². The van der Waals surface area contributed by atoms with Crippen LogP contribution in [0.1, 0.15) is 27.0 Å². The highest BCUT2D eigenvalue weighted by atomic mass is 16.2. The molecule has 5 rings (SSSR count). The molecular weight excluding hydrogens is 362 g/mol. The van der Waals surface area contributed by atoms with Gasteiger partial charge in [0.15, 0.2) is 5.65 Å². The Hall–Kier alpha value is -3.54. The average molecular weight is 383 g/mol. The van der Waals surface area contributed by atoms with Crippen molar-refractivity contribution in [3.05, 3.63) is 89.6 Å². The Morgan fingerprint density at radius 2 is 1.90 bits per heavy atom. The van der Waals surface area contributed by atoms with Crippen LogP contribution in [-0.4, -0.2) is 43.4 Å². The third-order valence-electron chi connectivity index (χ3n) is 5.68. The lowest BCUT2D eigenvalue weighted by molar-refractivity contribution is 0.0737. The van der Waals surface area contributed by atoms with Gasteiger partial charge in [-0.15, -0.1) is 0 Å². The lowest BCUT2D eigenvalue weighted by Crippen LogP contribution is -2.37. The van der Waals surface area contributed by atoms with Crippen molar-refractivity contribution in [1.29, 1.82) is 0 Å². The monoisotopic (exact) mass is 383 g/mol. The second-order valence-corrected chi connectivity index (χ2v) is 7.55. The predicted octanol–water partition coefficient (Wildman–Crippen LogP) is 3.11. The first kappa shape index (κ1) is 17.6. The largest absolute Gasteiger partial charge is 0.338 e. The predicted molar refractivity (Wildman–Crippen MR) is 111 cm³/mol. The molecule has 1 aliphatic rings. The highest BCUT2D eigenvalue weighted by Gasteiger charge is 2.28. The molecule has 0 bridgehead atoms. The number of amides is 1. The zero-order valence-corrected chi connectivity index (χ0v) is 16.2. The Morgan fingerprint density at radius 3 is 2.62 bits per heavy atom. The second-order valence-electron chi connectivity index (χ2n) is 7.55. The maximum Gasteiger partial charge on any atom is 0.255 e. The summed E-state index contributed by atoms with van der Waals surface area (Å²) in [5.74, 6) is -0.0148. The van der Waals surface area contributed by atoms with E-state index in [4.69, 9.17) is 0 Å². The van der Waals surface area contributed by atoms with Crippen LogP contribution in [0.3, 0.4) is 0 Å². The van der Waals surface area contributed by atoms with E-state index in [9.17, 15) is 4.79 Å². The molecule has 6 nitrogen and oxygen atoms in total. The summed E-state index contributed by atoms with van der Waals surface area (Å²) in [5.41, 5.74) is 5.81. The fourth-order valence-corrected chi connectivity index (χ4v) is 4.05. The highest BCUT2D eigenvalue weighted by molar-refractivity contribution is 5.96. The van der Waals surface area contributed by atoms with E-state index >= 15 is 0 Å². The van der Waals surface area contributed by atoms with Gasteiger partial charge in [-0.1, -0.05) is 30.3 Å². The van der Waals surface area contributed by atoms with Crippen molar-refractivity contribution in [2.75, 3.05) is 7.05 Å². The third kappa shape index (κ3) is 3.27. The summed E-state index contributed by atoms with van der Waals surface area (Å²) in [7, 11) is 1.88. The number of likely N-dealkylation sites (N-methyl/N-ethyl adjacent to an activating group) is 1. The van der Waals surface area contributed by atoms with Crippen LogP contribution in [-0.2, 0) is 19.4 Å². The molecule has 0 spiro atoms. The number of hydrogen-bond acceptors (Lipinski definition) is 4. The highest BCUT2D eigenvalue weighted by Crippen LogP contribution is 2.26. The number of carbonyl (C=O) groups is 1. The van der Waals surface area contributed by atoms with Crippen LogP contribution in [0.15, 0.2) is 67.4 Å². The van der Waals surface area contributed by atoms with Gasteiger partial charge in [0.25, 0.3) is 5.91 Å². The number of rotatable bonds is 4. The molecule has 4 aromatic rings. The molecule has 0 N–H and O–H groups in total. The van der Waals surface area contributed by atoms with Gasteiger partial charge in [-0.3, -0.25) is 9.78 Å². The maximum absolute atomic E-state index is 13.1. The zero-order valence-electron chi connectivity index (χ0n) is 16.2. The second kappa shape index (κ2) is 7.13. The normalized spacial score (nSPS) is 13.6. The smallest absolute Gasteiger partial charge is 0.255 e. The molecule has 0 unspecified atom stereocenters. The van der Waals surface area contributed by atoms with Crippen LogP contribution < -0.4 is 0 Å². The topological polar surface area (TPSA) is 63.9 Å². The summed E-state index contributed by atoms with van der Waals surface area (Å²) < 4.78 is 1.97. The summed E-state index contributed by atoms with van der Waals surface area (Å²) in [6, 6.07) is 14.4. The minimum absolute atomic E-state index is 0.0148. The molecule has 3 heterocycles. The molecule has 3 aromatic heterocycles. The van der Waals surface area contributed by atoms with Crippen LogP contribution in [0, 0.1) is 0 Å². The molecule has 1 aromatic carbocycles. The van der Waals surface area contributed by atoms with E-state index in [-0.39, 0.29) is 11.9 Å². The molecule has 0 saturated heterocycles. The van der Waals surface area contributed by atoms with Gasteiger partial charge in [-0.25, -0.2) is 9.97 Å². The number of pyridine rings is 2. The number of nitrogens with zero attached hydrogens (tertiary/aromatic N) is 5. The summed E-state index contributed by atoms with van der Waals surface area (Å²) in [4.78, 5) is 28.1. The van der Waals surface area contributed by atoms with E-state index in [1.54, 1.807) is 18.7 Å². The van der Waals surface area contributed by atoms with Crippen LogP contribution >= 0.6 is 0 Å². The van der Waals surface area contributed by atoms with Crippen LogP contribution in [0.2, 0.25) is 0 Å². The van der Waals surface area contributed by atoms with Crippen LogP contribution in [0.5, 0.6) is 0 Å². The Labute approximate surface area is 168 Å². The minimum Gasteiger partial charge on any atom is -0.338 e. The van der Waals surface area contributed by atoms with Gasteiger partial charge in [0.2, 0.25) is 0 Å². The van der Waals surface area contributed by atoms with Gasteiger partial charge in [0, 0.05) is 31.7 Å². The molecule has 0 atom stereocenters. The van der Waals surface area contributed by atoms with Crippen molar-refractivity contribution in [1.82, 2.24) is 24.4 Å². The lowest BCUT2D eigenvalue weighted by atomic mass is 10.1. The number of fused-ring (bicyclic) bond motifs is 2. The lowest BCUT2D eigenvalue weighted by Gasteiger charge is -2.24. The number of hydrogen-bond donors (Lipinski definition) is 0. The van der Waals surface area contributed by atoms with Crippen molar-refractivity contribution in [3.8, 4) is 0 Å². The summed E-state index contributed by atoms with van der Waals surface area (Å²) in [5, 5.41) is 0. The van der Waals surface area contributed by atoms with Gasteiger partial charge < -0.3 is 9.47 Å². The van der Waals surface area contributed by atoms with Crippen LogP contribution in [0.4, 0.5) is 0 Å².